The summed E-state index contributed by atoms with van der Waals surface area (Å²) in [6, 6.07) is 5.61. The standard InChI is InChI=1S/C14H14BrN3O3S/c1-8-12(13(19)21-3)22-14(17-8)18-16-7-9-6-10(15)4-5-11(9)20-2/h4-7H,1-3H3,(H,17,18)/b16-7-. The van der Waals surface area contributed by atoms with Crippen molar-refractivity contribution in [2.75, 3.05) is 19.6 Å². The summed E-state index contributed by atoms with van der Waals surface area (Å²) in [4.78, 5) is 16.2. The number of methoxy groups -OCH3 is 2. The van der Waals surface area contributed by atoms with Crippen LogP contribution < -0.4 is 10.2 Å². The second kappa shape index (κ2) is 7.37. The van der Waals surface area contributed by atoms with Gasteiger partial charge >= 0.3 is 5.97 Å². The van der Waals surface area contributed by atoms with Gasteiger partial charge in [-0.2, -0.15) is 5.10 Å². The third kappa shape index (κ3) is 3.83. The molecule has 1 aromatic heterocycles. The molecule has 0 saturated heterocycles. The van der Waals surface area contributed by atoms with Crippen LogP contribution in [0.15, 0.2) is 27.8 Å². The van der Waals surface area contributed by atoms with E-state index in [1.54, 1.807) is 20.2 Å². The van der Waals surface area contributed by atoms with E-state index in [0.717, 1.165) is 10.0 Å². The van der Waals surface area contributed by atoms with Crippen LogP contribution in [-0.4, -0.2) is 31.4 Å². The number of hydrazone groups is 1. The first kappa shape index (κ1) is 16.4. The number of anilines is 1. The van der Waals surface area contributed by atoms with Crippen LogP contribution in [-0.2, 0) is 4.74 Å². The molecule has 2 rings (SSSR count). The van der Waals surface area contributed by atoms with Crippen LogP contribution in [0.2, 0.25) is 0 Å². The molecule has 0 aliphatic carbocycles. The molecule has 0 amide bonds. The van der Waals surface area contributed by atoms with Gasteiger partial charge in [0.25, 0.3) is 0 Å². The molecule has 1 N–H and O–H groups in total. The molecular formula is C14H14BrN3O3S. The summed E-state index contributed by atoms with van der Waals surface area (Å²) in [6.07, 6.45) is 1.62. The van der Waals surface area contributed by atoms with Gasteiger partial charge < -0.3 is 9.47 Å². The van der Waals surface area contributed by atoms with E-state index >= 15 is 0 Å². The fourth-order valence-electron chi connectivity index (χ4n) is 1.69. The van der Waals surface area contributed by atoms with Crippen molar-refractivity contribution in [1.29, 1.82) is 0 Å². The number of aromatic nitrogens is 1. The molecule has 0 unspecified atom stereocenters. The zero-order valence-electron chi connectivity index (χ0n) is 12.2. The molecule has 6 nitrogen and oxygen atoms in total. The summed E-state index contributed by atoms with van der Waals surface area (Å²) in [5.74, 6) is 0.306. The van der Waals surface area contributed by atoms with Crippen molar-refractivity contribution in [1.82, 2.24) is 4.98 Å². The van der Waals surface area contributed by atoms with Gasteiger partial charge in [0, 0.05) is 10.0 Å². The first-order chi connectivity index (χ1) is 10.5. The molecular weight excluding hydrogens is 370 g/mol. The van der Waals surface area contributed by atoms with Crippen molar-refractivity contribution in [3.05, 3.63) is 38.8 Å². The molecule has 1 aromatic carbocycles. The lowest BCUT2D eigenvalue weighted by Gasteiger charge is -2.04. The fourth-order valence-corrected chi connectivity index (χ4v) is 2.90. The SMILES string of the molecule is COC(=O)c1sc(N/N=C\c2cc(Br)ccc2OC)nc1C. The first-order valence-electron chi connectivity index (χ1n) is 6.23. The minimum atomic E-state index is -0.402. The van der Waals surface area contributed by atoms with E-state index in [1.165, 1.54) is 18.4 Å². The van der Waals surface area contributed by atoms with E-state index < -0.39 is 5.97 Å². The summed E-state index contributed by atoms with van der Waals surface area (Å²) < 4.78 is 10.9. The Bertz CT molecular complexity index is 715. The lowest BCUT2D eigenvalue weighted by Crippen LogP contribution is -1.99. The van der Waals surface area contributed by atoms with Gasteiger partial charge in [0.1, 0.15) is 10.6 Å². The molecule has 8 heteroatoms. The molecule has 1 heterocycles. The average molecular weight is 384 g/mol. The Morgan fingerprint density at radius 3 is 2.91 bits per heavy atom. The molecule has 0 bridgehead atoms. The summed E-state index contributed by atoms with van der Waals surface area (Å²) in [6.45, 7) is 1.75. The molecule has 22 heavy (non-hydrogen) atoms. The van der Waals surface area contributed by atoms with Crippen LogP contribution in [0.4, 0.5) is 5.13 Å². The predicted octanol–water partition coefficient (Wildman–Crippen LogP) is 3.46. The second-order valence-electron chi connectivity index (χ2n) is 4.18. The van der Waals surface area contributed by atoms with E-state index in [9.17, 15) is 4.79 Å². The number of hydrogen-bond acceptors (Lipinski definition) is 7. The largest absolute Gasteiger partial charge is 0.496 e. The van der Waals surface area contributed by atoms with E-state index in [4.69, 9.17) is 9.47 Å². The number of benzene rings is 1. The minimum absolute atomic E-state index is 0.402. The van der Waals surface area contributed by atoms with Crippen LogP contribution in [0.1, 0.15) is 20.9 Å². The molecule has 0 saturated carbocycles. The van der Waals surface area contributed by atoms with E-state index in [-0.39, 0.29) is 0 Å². The average Bonchev–Trinajstić information content (AvgIpc) is 2.87. The lowest BCUT2D eigenvalue weighted by molar-refractivity contribution is 0.0605. The smallest absolute Gasteiger partial charge is 0.350 e. The molecule has 0 radical (unpaired) electrons. The summed E-state index contributed by atoms with van der Waals surface area (Å²) in [5.41, 5.74) is 4.22. The quantitative estimate of drug-likeness (QED) is 0.486. The number of esters is 1. The number of carbonyl (C=O) groups excluding carboxylic acids is 1. The molecule has 0 spiro atoms. The molecule has 0 aliphatic heterocycles. The predicted molar refractivity (Wildman–Crippen MR) is 90.1 cm³/mol. The molecule has 0 atom stereocenters. The van der Waals surface area contributed by atoms with Crippen molar-refractivity contribution in [2.45, 2.75) is 6.92 Å². The Balaban J connectivity index is 2.13. The summed E-state index contributed by atoms with van der Waals surface area (Å²) >= 11 is 4.59. The van der Waals surface area contributed by atoms with Crippen LogP contribution in [0.5, 0.6) is 5.75 Å². The topological polar surface area (TPSA) is 72.8 Å². The lowest BCUT2D eigenvalue weighted by atomic mass is 10.2. The van der Waals surface area contributed by atoms with Gasteiger partial charge in [0.2, 0.25) is 5.13 Å². The number of nitrogens with one attached hydrogen (secondary N) is 1. The van der Waals surface area contributed by atoms with Crippen molar-refractivity contribution in [2.24, 2.45) is 5.10 Å². The summed E-state index contributed by atoms with van der Waals surface area (Å²) in [7, 11) is 2.94. The maximum Gasteiger partial charge on any atom is 0.350 e. The maximum atomic E-state index is 11.5. The van der Waals surface area contributed by atoms with Gasteiger partial charge in [-0.25, -0.2) is 9.78 Å². The van der Waals surface area contributed by atoms with Crippen molar-refractivity contribution >= 4 is 44.6 Å². The van der Waals surface area contributed by atoms with Crippen LogP contribution in [0.25, 0.3) is 0 Å². The Labute approximate surface area is 140 Å². The van der Waals surface area contributed by atoms with Crippen LogP contribution in [0, 0.1) is 6.92 Å². The zero-order chi connectivity index (χ0) is 16.1. The highest BCUT2D eigenvalue weighted by Gasteiger charge is 2.15. The van der Waals surface area contributed by atoms with Gasteiger partial charge in [0.05, 0.1) is 26.1 Å². The van der Waals surface area contributed by atoms with Crippen LogP contribution >= 0.6 is 27.3 Å². The van der Waals surface area contributed by atoms with E-state index in [2.05, 4.69) is 31.4 Å². The van der Waals surface area contributed by atoms with Crippen molar-refractivity contribution in [3.8, 4) is 5.75 Å². The molecule has 0 fully saturated rings. The van der Waals surface area contributed by atoms with Gasteiger partial charge in [-0.05, 0) is 25.1 Å². The van der Waals surface area contributed by atoms with Gasteiger partial charge in [0.15, 0.2) is 0 Å². The number of carbonyl (C=O) groups is 1. The van der Waals surface area contributed by atoms with Gasteiger partial charge in [-0.15, -0.1) is 0 Å². The molecule has 2 aromatic rings. The number of rotatable bonds is 5. The number of ether oxygens (including phenoxy) is 2. The Kier molecular flexibility index (Phi) is 5.51. The third-order valence-corrected chi connectivity index (χ3v) is 4.26. The first-order valence-corrected chi connectivity index (χ1v) is 7.84. The van der Waals surface area contributed by atoms with E-state index in [0.29, 0.717) is 21.5 Å². The monoisotopic (exact) mass is 383 g/mol. The van der Waals surface area contributed by atoms with Gasteiger partial charge in [-0.1, -0.05) is 27.3 Å². The number of aryl methyl sites for hydroxylation is 1. The number of hydrogen-bond donors (Lipinski definition) is 1. The van der Waals surface area contributed by atoms with Crippen molar-refractivity contribution in [3.63, 3.8) is 0 Å². The van der Waals surface area contributed by atoms with Gasteiger partial charge in [-0.3, -0.25) is 5.43 Å². The van der Waals surface area contributed by atoms with Crippen molar-refractivity contribution < 1.29 is 14.3 Å². The van der Waals surface area contributed by atoms with E-state index in [1.807, 2.05) is 18.2 Å². The maximum absolute atomic E-state index is 11.5. The summed E-state index contributed by atoms with van der Waals surface area (Å²) in [5, 5.41) is 4.64. The highest BCUT2D eigenvalue weighted by Crippen LogP contribution is 2.24. The third-order valence-electron chi connectivity index (χ3n) is 2.72. The molecule has 116 valence electrons. The second-order valence-corrected chi connectivity index (χ2v) is 6.10. The zero-order valence-corrected chi connectivity index (χ0v) is 14.6. The fraction of sp³-hybridized carbons (Fsp3) is 0.214. The number of halogens is 1. The van der Waals surface area contributed by atoms with Crippen LogP contribution in [0.3, 0.4) is 0 Å². The minimum Gasteiger partial charge on any atom is -0.496 e. The molecule has 0 aliphatic rings. The highest BCUT2D eigenvalue weighted by atomic mass is 79.9. The number of thiazole rings is 1. The number of nitrogens with zero attached hydrogens (tertiary/aromatic N) is 2. The Morgan fingerprint density at radius 2 is 2.23 bits per heavy atom. The Hall–Kier alpha value is -1.93. The highest BCUT2D eigenvalue weighted by molar-refractivity contribution is 9.10. The Morgan fingerprint density at radius 1 is 1.45 bits per heavy atom. The normalized spacial score (nSPS) is 10.7.